The van der Waals surface area contributed by atoms with Gasteiger partial charge in [0.05, 0.1) is 17.1 Å². The molecule has 1 saturated heterocycles. The molecule has 1 amide bonds. The predicted molar refractivity (Wildman–Crippen MR) is 107 cm³/mol. The van der Waals surface area contributed by atoms with Crippen LogP contribution in [-0.4, -0.2) is 52.0 Å². The van der Waals surface area contributed by atoms with E-state index >= 15 is 0 Å². The van der Waals surface area contributed by atoms with Gasteiger partial charge in [-0.2, -0.15) is 4.98 Å². The number of piperazine rings is 1. The largest absolute Gasteiger partial charge is 0.336 e. The number of carbonyl (C=O) groups is 1. The normalized spacial score (nSPS) is 15.0. The minimum atomic E-state index is -0.0326. The molecular formula is C20H18Cl2N4O2. The van der Waals surface area contributed by atoms with Crippen LogP contribution >= 0.6 is 23.2 Å². The van der Waals surface area contributed by atoms with Gasteiger partial charge in [0.15, 0.2) is 5.82 Å². The van der Waals surface area contributed by atoms with E-state index in [1.165, 1.54) is 0 Å². The van der Waals surface area contributed by atoms with Crippen LogP contribution in [0.25, 0.3) is 11.5 Å². The molecule has 0 bridgehead atoms. The molecule has 0 unspecified atom stereocenters. The monoisotopic (exact) mass is 416 g/mol. The fraction of sp³-hybridized carbons (Fsp3) is 0.250. The first-order valence-electron chi connectivity index (χ1n) is 8.95. The molecule has 8 heteroatoms. The topological polar surface area (TPSA) is 62.5 Å². The van der Waals surface area contributed by atoms with Crippen LogP contribution in [0.2, 0.25) is 10.0 Å². The van der Waals surface area contributed by atoms with Crippen molar-refractivity contribution in [3.8, 4) is 11.5 Å². The standard InChI is InChI=1S/C20H18Cl2N4O2/c21-15-7-5-14(6-8-15)19-23-18(24-28-19)13-25-9-11-26(12-10-25)20(27)16-3-1-2-4-17(16)22/h1-8H,9-13H2. The van der Waals surface area contributed by atoms with Gasteiger partial charge in [-0.3, -0.25) is 9.69 Å². The van der Waals surface area contributed by atoms with Crippen LogP contribution < -0.4 is 0 Å². The molecule has 2 heterocycles. The van der Waals surface area contributed by atoms with Crippen molar-refractivity contribution in [1.82, 2.24) is 19.9 Å². The molecular weight excluding hydrogens is 399 g/mol. The van der Waals surface area contributed by atoms with Crippen molar-refractivity contribution in [2.24, 2.45) is 0 Å². The van der Waals surface area contributed by atoms with Gasteiger partial charge in [-0.15, -0.1) is 0 Å². The molecule has 2 aromatic carbocycles. The molecule has 3 aromatic rings. The summed E-state index contributed by atoms with van der Waals surface area (Å²) in [6.07, 6.45) is 0. The number of hydrogen-bond donors (Lipinski definition) is 0. The fourth-order valence-electron chi connectivity index (χ4n) is 3.14. The Kier molecular flexibility index (Phi) is 5.62. The summed E-state index contributed by atoms with van der Waals surface area (Å²) in [5.41, 5.74) is 1.38. The summed E-state index contributed by atoms with van der Waals surface area (Å²) in [7, 11) is 0. The smallest absolute Gasteiger partial charge is 0.257 e. The van der Waals surface area contributed by atoms with Gasteiger partial charge in [0, 0.05) is 36.8 Å². The Labute approximate surface area is 172 Å². The molecule has 0 radical (unpaired) electrons. The lowest BCUT2D eigenvalue weighted by atomic mass is 10.2. The minimum Gasteiger partial charge on any atom is -0.336 e. The molecule has 4 rings (SSSR count). The van der Waals surface area contributed by atoms with Crippen molar-refractivity contribution < 1.29 is 9.32 Å². The molecule has 0 spiro atoms. The van der Waals surface area contributed by atoms with E-state index in [1.54, 1.807) is 24.3 Å². The zero-order chi connectivity index (χ0) is 19.5. The third kappa shape index (κ3) is 4.19. The van der Waals surface area contributed by atoms with Crippen LogP contribution in [-0.2, 0) is 6.54 Å². The second kappa shape index (κ2) is 8.31. The number of carbonyl (C=O) groups excluding carboxylic acids is 1. The molecule has 144 valence electrons. The number of nitrogens with zero attached hydrogens (tertiary/aromatic N) is 4. The number of rotatable bonds is 4. The number of hydrogen-bond acceptors (Lipinski definition) is 5. The van der Waals surface area contributed by atoms with E-state index in [0.717, 1.165) is 18.7 Å². The van der Waals surface area contributed by atoms with Crippen LogP contribution in [0.5, 0.6) is 0 Å². The van der Waals surface area contributed by atoms with E-state index in [9.17, 15) is 4.79 Å². The third-order valence-electron chi connectivity index (χ3n) is 4.69. The zero-order valence-corrected chi connectivity index (χ0v) is 16.5. The van der Waals surface area contributed by atoms with Gasteiger partial charge in [0.1, 0.15) is 0 Å². The first-order chi connectivity index (χ1) is 13.6. The fourth-order valence-corrected chi connectivity index (χ4v) is 3.48. The van der Waals surface area contributed by atoms with Crippen LogP contribution in [0.3, 0.4) is 0 Å². The van der Waals surface area contributed by atoms with Crippen molar-refractivity contribution in [3.05, 3.63) is 70.0 Å². The van der Waals surface area contributed by atoms with E-state index in [2.05, 4.69) is 15.0 Å². The number of amides is 1. The summed E-state index contributed by atoms with van der Waals surface area (Å²) in [5.74, 6) is 1.06. The summed E-state index contributed by atoms with van der Waals surface area (Å²) >= 11 is 12.0. The highest BCUT2D eigenvalue weighted by molar-refractivity contribution is 6.33. The summed E-state index contributed by atoms with van der Waals surface area (Å²) in [6, 6.07) is 14.4. The lowest BCUT2D eigenvalue weighted by molar-refractivity contribution is 0.0624. The Hall–Kier alpha value is -2.41. The lowest BCUT2D eigenvalue weighted by Crippen LogP contribution is -2.48. The SMILES string of the molecule is O=C(c1ccccc1Cl)N1CCN(Cc2noc(-c3ccc(Cl)cc3)n2)CC1. The Morgan fingerprint density at radius 3 is 2.43 bits per heavy atom. The molecule has 1 fully saturated rings. The molecule has 1 aromatic heterocycles. The minimum absolute atomic E-state index is 0.0326. The summed E-state index contributed by atoms with van der Waals surface area (Å²) in [6.45, 7) is 3.31. The average molecular weight is 417 g/mol. The van der Waals surface area contributed by atoms with E-state index in [4.69, 9.17) is 27.7 Å². The Balaban J connectivity index is 1.34. The molecule has 0 aliphatic carbocycles. The van der Waals surface area contributed by atoms with Gasteiger partial charge in [-0.05, 0) is 36.4 Å². The first-order valence-corrected chi connectivity index (χ1v) is 9.70. The molecule has 6 nitrogen and oxygen atoms in total. The second-order valence-corrected chi connectivity index (χ2v) is 7.41. The van der Waals surface area contributed by atoms with Crippen molar-refractivity contribution in [2.75, 3.05) is 26.2 Å². The van der Waals surface area contributed by atoms with Crippen LogP contribution in [0.1, 0.15) is 16.2 Å². The number of benzene rings is 2. The highest BCUT2D eigenvalue weighted by Crippen LogP contribution is 2.21. The Morgan fingerprint density at radius 2 is 1.71 bits per heavy atom. The Bertz CT molecular complexity index is 966. The van der Waals surface area contributed by atoms with E-state index < -0.39 is 0 Å². The number of aromatic nitrogens is 2. The first kappa shape index (κ1) is 18.9. The molecule has 0 saturated carbocycles. The second-order valence-electron chi connectivity index (χ2n) is 6.57. The van der Waals surface area contributed by atoms with Crippen molar-refractivity contribution >= 4 is 29.1 Å². The van der Waals surface area contributed by atoms with Gasteiger partial charge in [-0.1, -0.05) is 40.5 Å². The van der Waals surface area contributed by atoms with Crippen LogP contribution in [0.4, 0.5) is 0 Å². The molecule has 28 heavy (non-hydrogen) atoms. The maximum absolute atomic E-state index is 12.6. The predicted octanol–water partition coefficient (Wildman–Crippen LogP) is 4.00. The summed E-state index contributed by atoms with van der Waals surface area (Å²) in [5, 5.41) is 5.21. The van der Waals surface area contributed by atoms with E-state index in [-0.39, 0.29) is 5.91 Å². The highest BCUT2D eigenvalue weighted by atomic mass is 35.5. The van der Waals surface area contributed by atoms with Gasteiger partial charge in [-0.25, -0.2) is 0 Å². The Morgan fingerprint density at radius 1 is 1.00 bits per heavy atom. The maximum atomic E-state index is 12.6. The summed E-state index contributed by atoms with van der Waals surface area (Å²) < 4.78 is 5.35. The van der Waals surface area contributed by atoms with Crippen molar-refractivity contribution in [2.45, 2.75) is 6.54 Å². The third-order valence-corrected chi connectivity index (χ3v) is 5.27. The zero-order valence-electron chi connectivity index (χ0n) is 15.0. The van der Waals surface area contributed by atoms with Gasteiger partial charge in [0.2, 0.25) is 0 Å². The van der Waals surface area contributed by atoms with E-state index in [1.807, 2.05) is 29.2 Å². The highest BCUT2D eigenvalue weighted by Gasteiger charge is 2.24. The average Bonchev–Trinajstić information content (AvgIpc) is 3.17. The molecule has 1 aliphatic heterocycles. The molecule has 0 N–H and O–H groups in total. The van der Waals surface area contributed by atoms with Crippen molar-refractivity contribution in [1.29, 1.82) is 0 Å². The van der Waals surface area contributed by atoms with Crippen molar-refractivity contribution in [3.63, 3.8) is 0 Å². The number of halogens is 2. The maximum Gasteiger partial charge on any atom is 0.257 e. The van der Waals surface area contributed by atoms with Gasteiger partial charge in [0.25, 0.3) is 11.8 Å². The molecule has 1 aliphatic rings. The van der Waals surface area contributed by atoms with Gasteiger partial charge < -0.3 is 9.42 Å². The summed E-state index contributed by atoms with van der Waals surface area (Å²) in [4.78, 5) is 21.1. The quantitative estimate of drug-likeness (QED) is 0.642. The molecule has 0 atom stereocenters. The van der Waals surface area contributed by atoms with Crippen LogP contribution in [0.15, 0.2) is 53.1 Å². The van der Waals surface area contributed by atoms with Crippen LogP contribution in [0, 0.1) is 0 Å². The van der Waals surface area contributed by atoms with Gasteiger partial charge >= 0.3 is 0 Å². The van der Waals surface area contributed by atoms with E-state index in [0.29, 0.717) is 47.0 Å². The lowest BCUT2D eigenvalue weighted by Gasteiger charge is -2.34.